The first-order valence-electron chi connectivity index (χ1n) is 6.58. The van der Waals surface area contributed by atoms with Gasteiger partial charge in [-0.25, -0.2) is 0 Å². The fraction of sp³-hybridized carbons (Fsp3) is 0.250. The first-order valence-corrected chi connectivity index (χ1v) is 6.95. The number of aromatic hydroxyl groups is 1. The Balaban J connectivity index is 2.18. The van der Waals surface area contributed by atoms with Crippen LogP contribution in [0, 0.1) is 0 Å². The summed E-state index contributed by atoms with van der Waals surface area (Å²) in [5, 5.41) is 13.9. The Labute approximate surface area is 129 Å². The molecule has 21 heavy (non-hydrogen) atoms. The molecule has 2 aromatic carbocycles. The highest BCUT2D eigenvalue weighted by atomic mass is 35.5. The van der Waals surface area contributed by atoms with E-state index in [1.807, 2.05) is 49.3 Å². The van der Waals surface area contributed by atoms with Crippen LogP contribution in [0.5, 0.6) is 11.5 Å². The van der Waals surface area contributed by atoms with Gasteiger partial charge in [0.05, 0.1) is 18.5 Å². The number of nitrogens with one attached hydrogen (secondary N) is 1. The maximum Gasteiger partial charge on any atom is 0.124 e. The smallest absolute Gasteiger partial charge is 0.124 e. The third-order valence-electron chi connectivity index (χ3n) is 3.20. The summed E-state index contributed by atoms with van der Waals surface area (Å²) in [5.74, 6) is 0.836. The normalized spacial score (nSPS) is 10.3. The quantitative estimate of drug-likeness (QED) is 0.883. The van der Waals surface area contributed by atoms with E-state index in [1.165, 1.54) is 0 Å². The third-order valence-corrected chi connectivity index (χ3v) is 3.44. The average molecular weight is 307 g/mol. The molecule has 0 aliphatic heterocycles. The Hall–Kier alpha value is -2.07. The maximum atomic E-state index is 9.98. The molecule has 0 aliphatic rings. The Morgan fingerprint density at radius 2 is 1.95 bits per heavy atom. The van der Waals surface area contributed by atoms with Gasteiger partial charge < -0.3 is 20.1 Å². The number of ether oxygens (including phenoxy) is 1. The molecular formula is C16H19ClN2O2. The molecule has 0 saturated heterocycles. The number of phenols is 1. The fourth-order valence-corrected chi connectivity index (χ4v) is 2.22. The lowest BCUT2D eigenvalue weighted by molar-refractivity contribution is 0.406. The number of benzene rings is 2. The second-order valence-corrected chi connectivity index (χ2v) is 5.34. The molecule has 0 heterocycles. The molecule has 0 aromatic heterocycles. The molecule has 0 saturated carbocycles. The molecule has 0 unspecified atom stereocenters. The molecular weight excluding hydrogens is 288 g/mol. The zero-order chi connectivity index (χ0) is 15.4. The highest BCUT2D eigenvalue weighted by molar-refractivity contribution is 6.31. The maximum absolute atomic E-state index is 9.98. The molecule has 5 heteroatoms. The molecule has 2 aromatic rings. The van der Waals surface area contributed by atoms with Gasteiger partial charge in [0.15, 0.2) is 0 Å². The van der Waals surface area contributed by atoms with E-state index in [0.717, 1.165) is 16.9 Å². The van der Waals surface area contributed by atoms with E-state index < -0.39 is 0 Å². The largest absolute Gasteiger partial charge is 0.507 e. The van der Waals surface area contributed by atoms with E-state index >= 15 is 0 Å². The van der Waals surface area contributed by atoms with E-state index in [9.17, 15) is 5.11 Å². The number of hydrogen-bond donors (Lipinski definition) is 2. The molecule has 2 rings (SSSR count). The van der Waals surface area contributed by atoms with Crippen LogP contribution in [0.15, 0.2) is 36.4 Å². The lowest BCUT2D eigenvalue weighted by atomic mass is 10.1. The standard InChI is InChI=1S/C16H19ClN2O2/c1-19(2)15-7-5-12(17)8-14(15)18-10-11-4-6-13(21-3)9-16(11)20/h4-9,18,20H,10H2,1-3H3. The van der Waals surface area contributed by atoms with E-state index in [-0.39, 0.29) is 5.75 Å². The van der Waals surface area contributed by atoms with Gasteiger partial charge in [-0.15, -0.1) is 0 Å². The first kappa shape index (κ1) is 15.3. The molecule has 4 nitrogen and oxygen atoms in total. The lowest BCUT2D eigenvalue weighted by Gasteiger charge is -2.19. The van der Waals surface area contributed by atoms with Crippen molar-refractivity contribution < 1.29 is 9.84 Å². The minimum Gasteiger partial charge on any atom is -0.507 e. The van der Waals surface area contributed by atoms with Crippen LogP contribution in [0.2, 0.25) is 5.02 Å². The SMILES string of the molecule is COc1ccc(CNc2cc(Cl)ccc2N(C)C)c(O)c1. The fourth-order valence-electron chi connectivity index (χ4n) is 2.05. The number of nitrogens with zero attached hydrogens (tertiary/aromatic N) is 1. The summed E-state index contributed by atoms with van der Waals surface area (Å²) in [6.07, 6.45) is 0. The summed E-state index contributed by atoms with van der Waals surface area (Å²) in [5.41, 5.74) is 2.75. The Kier molecular flexibility index (Phi) is 4.81. The predicted octanol–water partition coefficient (Wildman–Crippen LogP) is 3.73. The van der Waals surface area contributed by atoms with Crippen LogP contribution in [-0.2, 0) is 6.54 Å². The summed E-state index contributed by atoms with van der Waals surface area (Å²) in [4.78, 5) is 2.01. The second kappa shape index (κ2) is 6.59. The van der Waals surface area contributed by atoms with Gasteiger partial charge in [0.1, 0.15) is 11.5 Å². The number of phenolic OH excluding ortho intramolecular Hbond substituents is 1. The van der Waals surface area contributed by atoms with Crippen molar-refractivity contribution in [3.8, 4) is 11.5 Å². The van der Waals surface area contributed by atoms with Gasteiger partial charge in [-0.1, -0.05) is 11.6 Å². The summed E-state index contributed by atoms with van der Waals surface area (Å²) in [7, 11) is 5.51. The zero-order valence-corrected chi connectivity index (χ0v) is 13.1. The van der Waals surface area contributed by atoms with Crippen molar-refractivity contribution in [2.24, 2.45) is 0 Å². The topological polar surface area (TPSA) is 44.7 Å². The van der Waals surface area contributed by atoms with Crippen molar-refractivity contribution in [1.82, 2.24) is 0 Å². The lowest BCUT2D eigenvalue weighted by Crippen LogP contribution is -2.12. The van der Waals surface area contributed by atoms with Gasteiger partial charge >= 0.3 is 0 Å². The zero-order valence-electron chi connectivity index (χ0n) is 12.4. The monoisotopic (exact) mass is 306 g/mol. The number of anilines is 2. The van der Waals surface area contributed by atoms with Gasteiger partial charge in [0, 0.05) is 37.3 Å². The molecule has 0 bridgehead atoms. The van der Waals surface area contributed by atoms with Crippen molar-refractivity contribution in [3.63, 3.8) is 0 Å². The Morgan fingerprint density at radius 1 is 1.19 bits per heavy atom. The highest BCUT2D eigenvalue weighted by Crippen LogP contribution is 2.30. The molecule has 0 fully saturated rings. The van der Waals surface area contributed by atoms with Crippen molar-refractivity contribution in [1.29, 1.82) is 0 Å². The van der Waals surface area contributed by atoms with Crippen LogP contribution in [0.25, 0.3) is 0 Å². The molecule has 0 radical (unpaired) electrons. The predicted molar refractivity (Wildman–Crippen MR) is 87.8 cm³/mol. The number of halogens is 1. The minimum absolute atomic E-state index is 0.204. The van der Waals surface area contributed by atoms with E-state index in [0.29, 0.717) is 17.3 Å². The first-order chi connectivity index (χ1) is 10.0. The van der Waals surface area contributed by atoms with E-state index in [2.05, 4.69) is 5.32 Å². The molecule has 112 valence electrons. The van der Waals surface area contributed by atoms with Crippen LogP contribution in [0.4, 0.5) is 11.4 Å². The van der Waals surface area contributed by atoms with Gasteiger partial charge in [-0.05, 0) is 30.3 Å². The van der Waals surface area contributed by atoms with Crippen LogP contribution in [0.3, 0.4) is 0 Å². The number of hydrogen-bond acceptors (Lipinski definition) is 4. The number of rotatable bonds is 5. The van der Waals surface area contributed by atoms with Gasteiger partial charge in [0.25, 0.3) is 0 Å². The van der Waals surface area contributed by atoms with Crippen molar-refractivity contribution >= 4 is 23.0 Å². The number of methoxy groups -OCH3 is 1. The highest BCUT2D eigenvalue weighted by Gasteiger charge is 2.07. The second-order valence-electron chi connectivity index (χ2n) is 4.90. The van der Waals surface area contributed by atoms with E-state index in [4.69, 9.17) is 16.3 Å². The van der Waals surface area contributed by atoms with Gasteiger partial charge in [0.2, 0.25) is 0 Å². The average Bonchev–Trinajstić information content (AvgIpc) is 2.45. The van der Waals surface area contributed by atoms with Crippen LogP contribution in [0.1, 0.15) is 5.56 Å². The summed E-state index contributed by atoms with van der Waals surface area (Å²) >= 11 is 6.05. The Bertz CT molecular complexity index is 630. The molecule has 0 atom stereocenters. The summed E-state index contributed by atoms with van der Waals surface area (Å²) in [6.45, 7) is 0.497. The summed E-state index contributed by atoms with van der Waals surface area (Å²) in [6, 6.07) is 10.9. The van der Waals surface area contributed by atoms with E-state index in [1.54, 1.807) is 13.2 Å². The van der Waals surface area contributed by atoms with Gasteiger partial charge in [-0.3, -0.25) is 0 Å². The minimum atomic E-state index is 0.204. The van der Waals surface area contributed by atoms with Crippen LogP contribution in [-0.4, -0.2) is 26.3 Å². The third kappa shape index (κ3) is 3.73. The van der Waals surface area contributed by atoms with Crippen molar-refractivity contribution in [2.45, 2.75) is 6.54 Å². The van der Waals surface area contributed by atoms with Crippen molar-refractivity contribution in [3.05, 3.63) is 47.0 Å². The molecule has 0 spiro atoms. The molecule has 2 N–H and O–H groups in total. The summed E-state index contributed by atoms with van der Waals surface area (Å²) < 4.78 is 5.07. The van der Waals surface area contributed by atoms with Crippen molar-refractivity contribution in [2.75, 3.05) is 31.4 Å². The van der Waals surface area contributed by atoms with Gasteiger partial charge in [-0.2, -0.15) is 0 Å². The van der Waals surface area contributed by atoms with Crippen LogP contribution < -0.4 is 15.0 Å². The molecule has 0 aliphatic carbocycles. The van der Waals surface area contributed by atoms with Crippen LogP contribution >= 0.6 is 11.6 Å². The molecule has 0 amide bonds. The Morgan fingerprint density at radius 3 is 2.57 bits per heavy atom.